The van der Waals surface area contributed by atoms with Gasteiger partial charge in [0.05, 0.1) is 11.4 Å². The van der Waals surface area contributed by atoms with Gasteiger partial charge in [-0.25, -0.2) is 4.98 Å². The Kier molecular flexibility index (Phi) is 4.58. The molecule has 0 atom stereocenters. The minimum absolute atomic E-state index is 0.0786. The molecule has 0 spiro atoms. The van der Waals surface area contributed by atoms with Gasteiger partial charge >= 0.3 is 0 Å². The zero-order chi connectivity index (χ0) is 16.4. The Balaban J connectivity index is 1.42. The molecule has 1 N–H and O–H groups in total. The first kappa shape index (κ1) is 15.7. The molecule has 0 saturated heterocycles. The van der Waals surface area contributed by atoms with Crippen LogP contribution >= 0.6 is 23.1 Å². The zero-order valence-electron chi connectivity index (χ0n) is 13.3. The largest absolute Gasteiger partial charge is 0.325 e. The van der Waals surface area contributed by atoms with Gasteiger partial charge in [0, 0.05) is 34.3 Å². The van der Waals surface area contributed by atoms with Gasteiger partial charge in [0.1, 0.15) is 0 Å². The number of benzene rings is 1. The lowest BCUT2D eigenvalue weighted by molar-refractivity contribution is -0.113. The average Bonchev–Trinajstić information content (AvgIpc) is 3.30. The molecule has 1 aliphatic carbocycles. The summed E-state index contributed by atoms with van der Waals surface area (Å²) in [5.74, 6) is 0.615. The molecule has 124 valence electrons. The highest BCUT2D eigenvalue weighted by atomic mass is 32.2. The van der Waals surface area contributed by atoms with Crippen molar-refractivity contribution in [3.05, 3.63) is 42.0 Å². The molecule has 4 nitrogen and oxygen atoms in total. The van der Waals surface area contributed by atoms with Crippen molar-refractivity contribution in [3.63, 3.8) is 0 Å². The summed E-state index contributed by atoms with van der Waals surface area (Å²) in [5.41, 5.74) is 2.78. The van der Waals surface area contributed by atoms with E-state index in [1.165, 1.54) is 25.7 Å². The molecule has 1 fully saturated rings. The smallest absolute Gasteiger partial charge is 0.234 e. The Morgan fingerprint density at radius 1 is 1.38 bits per heavy atom. The predicted molar refractivity (Wildman–Crippen MR) is 102 cm³/mol. The minimum Gasteiger partial charge on any atom is -0.325 e. The van der Waals surface area contributed by atoms with Crippen LogP contribution in [0.4, 0.5) is 5.69 Å². The van der Waals surface area contributed by atoms with E-state index in [1.54, 1.807) is 23.1 Å². The minimum atomic E-state index is 0.0786. The fourth-order valence-corrected chi connectivity index (χ4v) is 4.89. The third-order valence-electron chi connectivity index (χ3n) is 4.29. The zero-order valence-corrected chi connectivity index (χ0v) is 14.9. The number of thiazole rings is 1. The van der Waals surface area contributed by atoms with Gasteiger partial charge < -0.3 is 5.32 Å². The van der Waals surface area contributed by atoms with E-state index < -0.39 is 0 Å². The summed E-state index contributed by atoms with van der Waals surface area (Å²) in [4.78, 5) is 17.8. The third-order valence-corrected chi connectivity index (χ3v) is 6.43. The van der Waals surface area contributed by atoms with Gasteiger partial charge in [-0.3, -0.25) is 9.20 Å². The fraction of sp³-hybridized carbons (Fsp3) is 0.333. The number of nitrogens with zero attached hydrogens (tertiary/aromatic N) is 2. The van der Waals surface area contributed by atoms with Crippen molar-refractivity contribution >= 4 is 39.7 Å². The monoisotopic (exact) mass is 357 g/mol. The van der Waals surface area contributed by atoms with E-state index in [1.807, 2.05) is 46.4 Å². The normalized spacial score (nSPS) is 15.2. The molecule has 6 heteroatoms. The maximum absolute atomic E-state index is 12.2. The van der Waals surface area contributed by atoms with Gasteiger partial charge in [-0.2, -0.15) is 0 Å². The van der Waals surface area contributed by atoms with Crippen molar-refractivity contribution in [2.45, 2.75) is 30.9 Å². The molecule has 24 heavy (non-hydrogen) atoms. The summed E-state index contributed by atoms with van der Waals surface area (Å²) in [6.07, 6.45) is 9.15. The Morgan fingerprint density at radius 3 is 3.08 bits per heavy atom. The van der Waals surface area contributed by atoms with Crippen LogP contribution in [-0.2, 0) is 4.79 Å². The van der Waals surface area contributed by atoms with Crippen molar-refractivity contribution in [2.75, 3.05) is 11.1 Å². The third kappa shape index (κ3) is 3.49. The van der Waals surface area contributed by atoms with Crippen LogP contribution in [0.15, 0.2) is 42.0 Å². The Labute approximate surface area is 149 Å². The number of carbonyl (C=O) groups excluding carboxylic acids is 1. The summed E-state index contributed by atoms with van der Waals surface area (Å²) in [7, 11) is 0. The number of amides is 1. The highest BCUT2D eigenvalue weighted by molar-refractivity contribution is 8.00. The molecule has 0 aliphatic heterocycles. The molecule has 2 aromatic heterocycles. The van der Waals surface area contributed by atoms with Crippen LogP contribution in [0.3, 0.4) is 0 Å². The van der Waals surface area contributed by atoms with Crippen LogP contribution in [-0.4, -0.2) is 26.3 Å². The van der Waals surface area contributed by atoms with E-state index in [0.29, 0.717) is 11.0 Å². The van der Waals surface area contributed by atoms with E-state index in [2.05, 4.69) is 10.3 Å². The summed E-state index contributed by atoms with van der Waals surface area (Å²) in [6.45, 7) is 0. The highest BCUT2D eigenvalue weighted by Gasteiger charge is 2.16. The van der Waals surface area contributed by atoms with E-state index in [0.717, 1.165) is 21.9 Å². The van der Waals surface area contributed by atoms with Crippen molar-refractivity contribution in [1.29, 1.82) is 0 Å². The van der Waals surface area contributed by atoms with Crippen molar-refractivity contribution in [3.8, 4) is 11.3 Å². The van der Waals surface area contributed by atoms with Gasteiger partial charge in [-0.1, -0.05) is 25.0 Å². The number of rotatable bonds is 5. The van der Waals surface area contributed by atoms with Crippen molar-refractivity contribution in [1.82, 2.24) is 9.38 Å². The molecule has 0 unspecified atom stereocenters. The number of thioether (sulfide) groups is 1. The first-order valence-corrected chi connectivity index (χ1v) is 10.1. The summed E-state index contributed by atoms with van der Waals surface area (Å²) < 4.78 is 2.02. The van der Waals surface area contributed by atoms with Crippen LogP contribution in [0, 0.1) is 0 Å². The number of hydrogen-bond donors (Lipinski definition) is 1. The van der Waals surface area contributed by atoms with Crippen LogP contribution in [0.1, 0.15) is 25.7 Å². The number of nitrogens with one attached hydrogen (secondary N) is 1. The van der Waals surface area contributed by atoms with Gasteiger partial charge in [-0.05, 0) is 25.0 Å². The lowest BCUT2D eigenvalue weighted by atomic mass is 10.1. The fourth-order valence-electron chi connectivity index (χ4n) is 3.07. The van der Waals surface area contributed by atoms with E-state index in [9.17, 15) is 4.79 Å². The van der Waals surface area contributed by atoms with Crippen LogP contribution < -0.4 is 5.32 Å². The second-order valence-electron chi connectivity index (χ2n) is 6.07. The second-order valence-corrected chi connectivity index (χ2v) is 8.23. The summed E-state index contributed by atoms with van der Waals surface area (Å²) >= 11 is 3.41. The first-order chi connectivity index (χ1) is 11.8. The molecule has 1 saturated carbocycles. The van der Waals surface area contributed by atoms with Crippen molar-refractivity contribution < 1.29 is 4.79 Å². The maximum Gasteiger partial charge on any atom is 0.234 e. The number of aromatic nitrogens is 2. The number of fused-ring (bicyclic) bond motifs is 1. The predicted octanol–water partition coefficient (Wildman–Crippen LogP) is 4.68. The van der Waals surface area contributed by atoms with Crippen molar-refractivity contribution in [2.24, 2.45) is 0 Å². The maximum atomic E-state index is 12.2. The molecular weight excluding hydrogens is 338 g/mol. The average molecular weight is 358 g/mol. The molecular formula is C18H19N3OS2. The van der Waals surface area contributed by atoms with Crippen LogP contribution in [0.25, 0.3) is 16.2 Å². The Hall–Kier alpha value is -1.79. The molecule has 0 radical (unpaired) electrons. The number of carbonyl (C=O) groups is 1. The lowest BCUT2D eigenvalue weighted by Gasteiger charge is -2.09. The van der Waals surface area contributed by atoms with Gasteiger partial charge in [-0.15, -0.1) is 23.1 Å². The summed E-state index contributed by atoms with van der Waals surface area (Å²) in [6, 6.07) is 7.91. The molecule has 0 bridgehead atoms. The van der Waals surface area contributed by atoms with Crippen LogP contribution in [0.2, 0.25) is 0 Å². The molecule has 4 rings (SSSR count). The number of hydrogen-bond acceptors (Lipinski definition) is 4. The topological polar surface area (TPSA) is 46.4 Å². The van der Waals surface area contributed by atoms with Gasteiger partial charge in [0.15, 0.2) is 4.96 Å². The number of imidazole rings is 1. The molecule has 1 amide bonds. The summed E-state index contributed by atoms with van der Waals surface area (Å²) in [5, 5.41) is 5.70. The van der Waals surface area contributed by atoms with E-state index >= 15 is 0 Å². The standard InChI is InChI=1S/C18H19N3OS2/c22-17(12-24-15-6-1-2-7-15)19-14-5-3-4-13(10-14)16-11-21-8-9-23-18(21)20-16/h3-5,8-11,15H,1-2,6-7,12H2,(H,19,22). The Morgan fingerprint density at radius 2 is 2.25 bits per heavy atom. The SMILES string of the molecule is O=C(CSC1CCCC1)Nc1cccc(-c2cn3ccsc3n2)c1. The molecule has 1 aliphatic rings. The Bertz CT molecular complexity index is 820. The molecule has 1 aromatic carbocycles. The van der Waals surface area contributed by atoms with Gasteiger partial charge in [0.2, 0.25) is 5.91 Å². The van der Waals surface area contributed by atoms with Gasteiger partial charge in [0.25, 0.3) is 0 Å². The first-order valence-electron chi connectivity index (χ1n) is 8.22. The lowest BCUT2D eigenvalue weighted by Crippen LogP contribution is -2.15. The van der Waals surface area contributed by atoms with E-state index in [-0.39, 0.29) is 5.91 Å². The second kappa shape index (κ2) is 6.99. The highest BCUT2D eigenvalue weighted by Crippen LogP contribution is 2.29. The van der Waals surface area contributed by atoms with E-state index in [4.69, 9.17) is 0 Å². The quantitative estimate of drug-likeness (QED) is 0.721. The molecule has 3 aromatic rings. The molecule has 2 heterocycles. The van der Waals surface area contributed by atoms with Crippen LogP contribution in [0.5, 0.6) is 0 Å². The number of anilines is 1.